The molecule has 1 aromatic rings. The Morgan fingerprint density at radius 1 is 1.23 bits per heavy atom. The molecule has 0 heterocycles. The highest BCUT2D eigenvalue weighted by Gasteiger charge is 2.18. The Kier molecular flexibility index (Phi) is 1.24. The molecule has 0 saturated heterocycles. The molecule has 1 rings (SSSR count). The van der Waals surface area contributed by atoms with Crippen molar-refractivity contribution in [2.75, 3.05) is 0 Å². The highest BCUT2D eigenvalue weighted by molar-refractivity contribution is 7.92. The van der Waals surface area contributed by atoms with Gasteiger partial charge in [0.05, 0.1) is 10.1 Å². The van der Waals surface area contributed by atoms with Crippen LogP contribution in [0.5, 0.6) is 0 Å². The molecular weight excluding hydrogens is 184 g/mol. The van der Waals surface area contributed by atoms with Gasteiger partial charge in [-0.25, -0.2) is 8.42 Å². The minimum atomic E-state index is -4.46. The lowest BCUT2D eigenvalue weighted by Crippen LogP contribution is -2.13. The maximum atomic E-state index is 12.2. The summed E-state index contributed by atoms with van der Waals surface area (Å²) in [7, 11) is -4.46. The summed E-state index contributed by atoms with van der Waals surface area (Å²) in [6.07, 6.45) is 0. The molecule has 72 valence electrons. The monoisotopic (exact) mass is 204 g/mol. The fourth-order valence-electron chi connectivity index (χ4n) is 0.864. The van der Waals surface area contributed by atoms with Crippen LogP contribution in [-0.2, 0) is 9.84 Å². The van der Waals surface area contributed by atoms with Gasteiger partial charge in [-0.05, 0) is 32.8 Å². The van der Waals surface area contributed by atoms with Crippen molar-refractivity contribution in [3.8, 4) is 0 Å². The first-order valence-corrected chi connectivity index (χ1v) is 5.22. The third-order valence-corrected chi connectivity index (χ3v) is 3.21. The predicted molar refractivity (Wildman–Crippen MR) is 53.5 cm³/mol. The summed E-state index contributed by atoms with van der Waals surface area (Å²) in [4.78, 5) is -0.296. The van der Waals surface area contributed by atoms with E-state index in [-0.39, 0.29) is 4.90 Å². The van der Waals surface area contributed by atoms with Crippen LogP contribution < -0.4 is 0 Å². The Balaban J connectivity index is 3.41. The van der Waals surface area contributed by atoms with Crippen LogP contribution in [0.2, 0.25) is 0 Å². The Morgan fingerprint density at radius 3 is 2.23 bits per heavy atom. The normalized spacial score (nSPS) is 20.8. The van der Waals surface area contributed by atoms with Gasteiger partial charge in [0.2, 0.25) is 0 Å². The second kappa shape index (κ2) is 3.50. The zero-order chi connectivity index (χ0) is 15.1. The zero-order valence-corrected chi connectivity index (χ0v) is 7.93. The van der Waals surface area contributed by atoms with Crippen molar-refractivity contribution in [3.63, 3.8) is 0 Å². The smallest absolute Gasteiger partial charge is 0.180 e. The fourth-order valence-corrected chi connectivity index (χ4v) is 1.65. The number of sulfone groups is 1. The van der Waals surface area contributed by atoms with Crippen molar-refractivity contribution >= 4 is 9.84 Å². The second-order valence-corrected chi connectivity index (χ2v) is 4.77. The van der Waals surface area contributed by atoms with Crippen LogP contribution in [0.1, 0.15) is 27.5 Å². The van der Waals surface area contributed by atoms with Gasteiger partial charge in [-0.1, -0.05) is 17.7 Å². The molecule has 2 nitrogen and oxygen atoms in total. The molecule has 0 fully saturated rings. The first-order valence-electron chi connectivity index (χ1n) is 6.67. The molecule has 0 saturated carbocycles. The van der Waals surface area contributed by atoms with E-state index in [1.807, 2.05) is 0 Å². The van der Waals surface area contributed by atoms with E-state index in [4.69, 9.17) is 8.22 Å². The first-order chi connectivity index (χ1) is 8.37. The lowest BCUT2D eigenvalue weighted by molar-refractivity contribution is 0.587. The van der Waals surface area contributed by atoms with Crippen LogP contribution in [0.25, 0.3) is 0 Å². The summed E-state index contributed by atoms with van der Waals surface area (Å²) in [5, 5.41) is -2.42. The second-order valence-electron chi connectivity index (χ2n) is 2.74. The summed E-state index contributed by atoms with van der Waals surface area (Å²) >= 11 is 0. The molecule has 0 aliphatic rings. The summed E-state index contributed by atoms with van der Waals surface area (Å²) in [6, 6.07) is 5.41. The Labute approximate surface area is 87.9 Å². The van der Waals surface area contributed by atoms with Crippen molar-refractivity contribution in [2.24, 2.45) is 0 Å². The molecular formula is C10H14O2S. The number of hydrogen-bond acceptors (Lipinski definition) is 2. The molecule has 0 bridgehead atoms. The van der Waals surface area contributed by atoms with Crippen molar-refractivity contribution in [1.29, 1.82) is 0 Å². The lowest BCUT2D eigenvalue weighted by Gasteiger charge is -2.07. The maximum Gasteiger partial charge on any atom is 0.180 e. The van der Waals surface area contributed by atoms with Crippen LogP contribution in [0.3, 0.4) is 0 Å². The topological polar surface area (TPSA) is 34.1 Å². The van der Waals surface area contributed by atoms with E-state index in [0.29, 0.717) is 0 Å². The van der Waals surface area contributed by atoms with Gasteiger partial charge in [-0.2, -0.15) is 0 Å². The molecule has 13 heavy (non-hydrogen) atoms. The van der Waals surface area contributed by atoms with Crippen molar-refractivity contribution in [3.05, 3.63) is 29.8 Å². The highest BCUT2D eigenvalue weighted by atomic mass is 32.2. The van der Waals surface area contributed by atoms with E-state index in [0.717, 1.165) is 5.56 Å². The van der Waals surface area contributed by atoms with Gasteiger partial charge < -0.3 is 0 Å². The number of aryl methyl sites for hydroxylation is 1. The summed E-state index contributed by atoms with van der Waals surface area (Å²) < 4.78 is 67.6. The third-order valence-electron chi connectivity index (χ3n) is 1.66. The van der Waals surface area contributed by atoms with Crippen LogP contribution in [-0.4, -0.2) is 13.7 Å². The average molecular weight is 204 g/mol. The number of hydrogen-bond donors (Lipinski definition) is 0. The molecule has 0 atom stereocenters. The molecule has 0 unspecified atom stereocenters. The first kappa shape index (κ1) is 4.60. The summed E-state index contributed by atoms with van der Waals surface area (Å²) in [5.74, 6) is 0. The average Bonchev–Trinajstić information content (AvgIpc) is 2.12. The Morgan fingerprint density at radius 2 is 1.77 bits per heavy atom. The Hall–Kier alpha value is -0.830. The van der Waals surface area contributed by atoms with Crippen molar-refractivity contribution in [2.45, 2.75) is 30.8 Å². The molecule has 0 aromatic heterocycles. The van der Waals surface area contributed by atoms with Gasteiger partial charge in [0.1, 0.15) is 0 Å². The van der Waals surface area contributed by atoms with Gasteiger partial charge in [0, 0.05) is 8.22 Å². The fraction of sp³-hybridized carbons (Fsp3) is 0.400. The van der Waals surface area contributed by atoms with E-state index >= 15 is 0 Å². The third kappa shape index (κ3) is 2.10. The van der Waals surface area contributed by atoms with E-state index in [2.05, 4.69) is 0 Å². The largest absolute Gasteiger partial charge is 0.223 e. The SMILES string of the molecule is [2H]C([2H])([2H])C(C([2H])([2H])[2H])S(=O)(=O)c1ccc(C)cc1. The molecule has 1 aromatic carbocycles. The van der Waals surface area contributed by atoms with Crippen LogP contribution in [0.15, 0.2) is 29.2 Å². The minimum Gasteiger partial charge on any atom is -0.223 e. The van der Waals surface area contributed by atoms with Crippen molar-refractivity contribution in [1.82, 2.24) is 0 Å². The number of benzene rings is 1. The Bertz CT molecular complexity index is 527. The molecule has 0 aliphatic carbocycles. The molecule has 0 radical (unpaired) electrons. The van der Waals surface area contributed by atoms with Gasteiger partial charge in [-0.3, -0.25) is 0 Å². The van der Waals surface area contributed by atoms with Crippen molar-refractivity contribution < 1.29 is 16.6 Å². The molecule has 0 N–H and O–H groups in total. The van der Waals surface area contributed by atoms with Gasteiger partial charge in [0.15, 0.2) is 9.84 Å². The van der Waals surface area contributed by atoms with E-state index in [1.165, 1.54) is 24.3 Å². The van der Waals surface area contributed by atoms with Gasteiger partial charge in [-0.15, -0.1) is 0 Å². The van der Waals surface area contributed by atoms with Crippen LogP contribution >= 0.6 is 0 Å². The lowest BCUT2D eigenvalue weighted by atomic mass is 10.2. The standard InChI is InChI=1S/C10H14O2S/c1-8(2)13(11,12)10-6-4-9(3)5-7-10/h4-8H,1-3H3/i1D3,2D3. The minimum absolute atomic E-state index is 0.296. The number of rotatable bonds is 2. The molecule has 3 heteroatoms. The quantitative estimate of drug-likeness (QED) is 0.740. The van der Waals surface area contributed by atoms with Crippen LogP contribution in [0.4, 0.5) is 0 Å². The summed E-state index contributed by atoms with van der Waals surface area (Å²) in [5.41, 5.74) is 0.790. The van der Waals surface area contributed by atoms with Gasteiger partial charge >= 0.3 is 0 Å². The highest BCUT2D eigenvalue weighted by Crippen LogP contribution is 2.15. The summed E-state index contributed by atoms with van der Waals surface area (Å²) in [6.45, 7) is -4.49. The van der Waals surface area contributed by atoms with Gasteiger partial charge in [0.25, 0.3) is 0 Å². The molecule has 0 spiro atoms. The van der Waals surface area contributed by atoms with E-state index in [9.17, 15) is 8.42 Å². The molecule has 0 aliphatic heterocycles. The maximum absolute atomic E-state index is 12.2. The predicted octanol–water partition coefficient (Wildman–Crippen LogP) is 2.18. The molecule has 0 amide bonds. The van der Waals surface area contributed by atoms with E-state index < -0.39 is 28.8 Å². The zero-order valence-electron chi connectivity index (χ0n) is 13.1. The van der Waals surface area contributed by atoms with Crippen LogP contribution in [0, 0.1) is 6.92 Å². The van der Waals surface area contributed by atoms with E-state index in [1.54, 1.807) is 6.92 Å².